The normalized spacial score (nSPS) is 12.3. The summed E-state index contributed by atoms with van der Waals surface area (Å²) < 4.78 is 5.49. The van der Waals surface area contributed by atoms with E-state index < -0.39 is 0 Å². The number of methoxy groups -OCH3 is 1. The Balaban J connectivity index is 2.33. The number of benzene rings is 2. The summed E-state index contributed by atoms with van der Waals surface area (Å²) in [5.41, 5.74) is 3.85. The zero-order chi connectivity index (χ0) is 19.3. The molecular formula is C23H31NO2. The molecule has 0 aliphatic carbocycles. The standard InChI is InChI=1S/C23H31NO2/c1-15(2)12-21(18-10-8-7-9-11-18)24-23(25)20-14-19(16(3)4)22(26-6)13-17(20)5/h7-11,13-16,21H,12H2,1-6H3,(H,24,25)/t21-/m1/s1. The van der Waals surface area contributed by atoms with Gasteiger partial charge < -0.3 is 10.1 Å². The van der Waals surface area contributed by atoms with Gasteiger partial charge >= 0.3 is 0 Å². The van der Waals surface area contributed by atoms with Crippen molar-refractivity contribution in [1.82, 2.24) is 5.32 Å². The smallest absolute Gasteiger partial charge is 0.252 e. The number of nitrogens with one attached hydrogen (secondary N) is 1. The molecule has 1 amide bonds. The van der Waals surface area contributed by atoms with Crippen LogP contribution in [0.2, 0.25) is 0 Å². The van der Waals surface area contributed by atoms with E-state index in [1.165, 1.54) is 0 Å². The summed E-state index contributed by atoms with van der Waals surface area (Å²) in [7, 11) is 1.68. The van der Waals surface area contributed by atoms with E-state index >= 15 is 0 Å². The summed E-state index contributed by atoms with van der Waals surface area (Å²) >= 11 is 0. The van der Waals surface area contributed by atoms with Crippen molar-refractivity contribution < 1.29 is 9.53 Å². The molecule has 2 aromatic rings. The minimum absolute atomic E-state index is 0.00713. The van der Waals surface area contributed by atoms with Gasteiger partial charge in [0.2, 0.25) is 0 Å². The Labute approximate surface area is 157 Å². The van der Waals surface area contributed by atoms with Gasteiger partial charge in [-0.15, -0.1) is 0 Å². The summed E-state index contributed by atoms with van der Waals surface area (Å²) in [6, 6.07) is 14.1. The van der Waals surface area contributed by atoms with Gasteiger partial charge in [0.05, 0.1) is 13.2 Å². The predicted molar refractivity (Wildman–Crippen MR) is 108 cm³/mol. The zero-order valence-electron chi connectivity index (χ0n) is 16.8. The fourth-order valence-corrected chi connectivity index (χ4v) is 3.24. The lowest BCUT2D eigenvalue weighted by Crippen LogP contribution is -2.30. The fraction of sp³-hybridized carbons (Fsp3) is 0.435. The summed E-state index contributed by atoms with van der Waals surface area (Å²) in [6.07, 6.45) is 0.905. The highest BCUT2D eigenvalue weighted by atomic mass is 16.5. The number of aryl methyl sites for hydroxylation is 1. The lowest BCUT2D eigenvalue weighted by molar-refractivity contribution is 0.0931. The van der Waals surface area contributed by atoms with E-state index in [1.54, 1.807) is 7.11 Å². The Morgan fingerprint density at radius 2 is 1.73 bits per heavy atom. The second-order valence-electron chi connectivity index (χ2n) is 7.63. The van der Waals surface area contributed by atoms with Crippen LogP contribution in [0.1, 0.15) is 73.1 Å². The number of hydrogen-bond donors (Lipinski definition) is 1. The van der Waals surface area contributed by atoms with E-state index in [-0.39, 0.29) is 17.9 Å². The van der Waals surface area contributed by atoms with Gasteiger partial charge in [0.25, 0.3) is 5.91 Å². The molecule has 0 spiro atoms. The van der Waals surface area contributed by atoms with Crippen LogP contribution in [0.3, 0.4) is 0 Å². The molecule has 0 aliphatic heterocycles. The maximum absolute atomic E-state index is 13.1. The molecule has 0 saturated carbocycles. The Morgan fingerprint density at radius 3 is 2.27 bits per heavy atom. The number of amides is 1. The van der Waals surface area contributed by atoms with Gasteiger partial charge in [-0.05, 0) is 54.0 Å². The summed E-state index contributed by atoms with van der Waals surface area (Å²) in [5.74, 6) is 1.60. The van der Waals surface area contributed by atoms with Crippen LogP contribution in [0.15, 0.2) is 42.5 Å². The SMILES string of the molecule is COc1cc(C)c(C(=O)N[C@H](CC(C)C)c2ccccc2)cc1C(C)C. The number of hydrogen-bond acceptors (Lipinski definition) is 2. The Kier molecular flexibility index (Phi) is 6.84. The Bertz CT molecular complexity index is 735. The highest BCUT2D eigenvalue weighted by molar-refractivity contribution is 5.96. The van der Waals surface area contributed by atoms with Gasteiger partial charge in [-0.3, -0.25) is 4.79 Å². The van der Waals surface area contributed by atoms with Crippen molar-refractivity contribution in [2.45, 2.75) is 53.0 Å². The molecule has 0 heterocycles. The predicted octanol–water partition coefficient (Wildman–Crippen LogP) is 5.64. The zero-order valence-corrected chi connectivity index (χ0v) is 16.8. The van der Waals surface area contributed by atoms with Gasteiger partial charge in [0.1, 0.15) is 5.75 Å². The molecule has 1 N–H and O–H groups in total. The molecule has 3 nitrogen and oxygen atoms in total. The van der Waals surface area contributed by atoms with Gasteiger partial charge in [-0.25, -0.2) is 0 Å². The first-order valence-electron chi connectivity index (χ1n) is 9.37. The second-order valence-corrected chi connectivity index (χ2v) is 7.63. The number of carbonyl (C=O) groups is 1. The van der Waals surface area contributed by atoms with E-state index in [1.807, 2.05) is 37.3 Å². The van der Waals surface area contributed by atoms with E-state index in [0.717, 1.165) is 34.4 Å². The first-order valence-corrected chi connectivity index (χ1v) is 9.37. The molecule has 1 atom stereocenters. The number of ether oxygens (including phenoxy) is 1. The molecule has 0 unspecified atom stereocenters. The molecule has 140 valence electrons. The molecule has 2 aromatic carbocycles. The van der Waals surface area contributed by atoms with Gasteiger partial charge in [0.15, 0.2) is 0 Å². The van der Waals surface area contributed by atoms with E-state index in [9.17, 15) is 4.79 Å². The van der Waals surface area contributed by atoms with Crippen LogP contribution in [0, 0.1) is 12.8 Å². The van der Waals surface area contributed by atoms with Gasteiger partial charge in [-0.2, -0.15) is 0 Å². The van der Waals surface area contributed by atoms with Crippen LogP contribution < -0.4 is 10.1 Å². The van der Waals surface area contributed by atoms with Crippen molar-refractivity contribution >= 4 is 5.91 Å². The van der Waals surface area contributed by atoms with Crippen molar-refractivity contribution in [3.63, 3.8) is 0 Å². The van der Waals surface area contributed by atoms with Crippen LogP contribution in [-0.4, -0.2) is 13.0 Å². The molecule has 26 heavy (non-hydrogen) atoms. The Hall–Kier alpha value is -2.29. The van der Waals surface area contributed by atoms with Crippen LogP contribution in [0.4, 0.5) is 0 Å². The van der Waals surface area contributed by atoms with Gasteiger partial charge in [0, 0.05) is 5.56 Å². The summed E-state index contributed by atoms with van der Waals surface area (Å²) in [6.45, 7) is 10.5. The summed E-state index contributed by atoms with van der Waals surface area (Å²) in [5, 5.41) is 3.25. The molecule has 0 saturated heterocycles. The number of rotatable bonds is 7. The molecule has 0 fully saturated rings. The monoisotopic (exact) mass is 353 g/mol. The van der Waals surface area contributed by atoms with Crippen LogP contribution >= 0.6 is 0 Å². The highest BCUT2D eigenvalue weighted by Gasteiger charge is 2.20. The average Bonchev–Trinajstić information content (AvgIpc) is 2.60. The maximum atomic E-state index is 13.1. The van der Waals surface area contributed by atoms with Crippen molar-refractivity contribution in [3.05, 3.63) is 64.7 Å². The molecule has 2 rings (SSSR count). The lowest BCUT2D eigenvalue weighted by Gasteiger charge is -2.22. The molecule has 0 radical (unpaired) electrons. The quantitative estimate of drug-likeness (QED) is 0.699. The van der Waals surface area contributed by atoms with Crippen molar-refractivity contribution in [2.75, 3.05) is 7.11 Å². The van der Waals surface area contributed by atoms with Crippen LogP contribution in [-0.2, 0) is 0 Å². The van der Waals surface area contributed by atoms with Gasteiger partial charge in [-0.1, -0.05) is 58.0 Å². The highest BCUT2D eigenvalue weighted by Crippen LogP contribution is 2.30. The minimum Gasteiger partial charge on any atom is -0.496 e. The van der Waals surface area contributed by atoms with Crippen LogP contribution in [0.5, 0.6) is 5.75 Å². The first-order chi connectivity index (χ1) is 12.3. The largest absolute Gasteiger partial charge is 0.496 e. The van der Waals surface area contributed by atoms with Crippen LogP contribution in [0.25, 0.3) is 0 Å². The van der Waals surface area contributed by atoms with Crippen molar-refractivity contribution in [3.8, 4) is 5.75 Å². The molecule has 0 aliphatic rings. The van der Waals surface area contributed by atoms with E-state index in [0.29, 0.717) is 5.92 Å². The minimum atomic E-state index is -0.0263. The number of carbonyl (C=O) groups excluding carboxylic acids is 1. The molecule has 0 aromatic heterocycles. The third-order valence-corrected chi connectivity index (χ3v) is 4.66. The molecular weight excluding hydrogens is 322 g/mol. The van der Waals surface area contributed by atoms with E-state index in [2.05, 4.69) is 45.1 Å². The van der Waals surface area contributed by atoms with Crippen molar-refractivity contribution in [2.24, 2.45) is 5.92 Å². The molecule has 0 bridgehead atoms. The topological polar surface area (TPSA) is 38.3 Å². The first kappa shape index (κ1) is 20.0. The third-order valence-electron chi connectivity index (χ3n) is 4.66. The Morgan fingerprint density at radius 1 is 1.08 bits per heavy atom. The van der Waals surface area contributed by atoms with Crippen molar-refractivity contribution in [1.29, 1.82) is 0 Å². The third kappa shape index (κ3) is 4.87. The molecule has 3 heteroatoms. The second kappa shape index (κ2) is 8.88. The maximum Gasteiger partial charge on any atom is 0.252 e. The summed E-state index contributed by atoms with van der Waals surface area (Å²) in [4.78, 5) is 13.1. The fourth-order valence-electron chi connectivity index (χ4n) is 3.24. The van der Waals surface area contributed by atoms with E-state index in [4.69, 9.17) is 4.74 Å². The average molecular weight is 354 g/mol. The lowest BCUT2D eigenvalue weighted by atomic mass is 9.94.